The van der Waals surface area contributed by atoms with E-state index in [9.17, 15) is 9.59 Å². The van der Waals surface area contributed by atoms with Gasteiger partial charge in [-0.2, -0.15) is 0 Å². The summed E-state index contributed by atoms with van der Waals surface area (Å²) in [7, 11) is 4.52. The van der Waals surface area contributed by atoms with Crippen molar-refractivity contribution in [3.63, 3.8) is 0 Å². The largest absolute Gasteiger partial charge is 0.493 e. The Kier molecular flexibility index (Phi) is 7.40. The molecule has 1 aliphatic heterocycles. The second-order valence-electron chi connectivity index (χ2n) is 8.12. The number of nitrogens with one attached hydrogen (secondary N) is 2. The van der Waals surface area contributed by atoms with E-state index in [2.05, 4.69) is 10.6 Å². The molecular formula is C27H29N3O5. The Labute approximate surface area is 204 Å². The zero-order valence-electron chi connectivity index (χ0n) is 20.0. The lowest BCUT2D eigenvalue weighted by atomic mass is 10.0. The summed E-state index contributed by atoms with van der Waals surface area (Å²) in [6.45, 7) is 0.583. The third-order valence-corrected chi connectivity index (χ3v) is 5.96. The number of benzene rings is 3. The van der Waals surface area contributed by atoms with Crippen LogP contribution in [0.4, 0.5) is 16.2 Å². The lowest BCUT2D eigenvalue weighted by Crippen LogP contribution is -2.50. The predicted octanol–water partition coefficient (Wildman–Crippen LogP) is 4.03. The van der Waals surface area contributed by atoms with Gasteiger partial charge >= 0.3 is 6.03 Å². The molecule has 0 spiro atoms. The molecular weight excluding hydrogens is 446 g/mol. The first-order chi connectivity index (χ1) is 17.0. The average Bonchev–Trinajstić information content (AvgIpc) is 3.32. The van der Waals surface area contributed by atoms with Crippen molar-refractivity contribution in [1.29, 1.82) is 0 Å². The highest BCUT2D eigenvalue weighted by Crippen LogP contribution is 2.40. The van der Waals surface area contributed by atoms with E-state index in [1.807, 2.05) is 54.6 Å². The van der Waals surface area contributed by atoms with Crippen LogP contribution in [0.15, 0.2) is 66.7 Å². The monoisotopic (exact) mass is 475 g/mol. The SMILES string of the molecule is COc1cc(NC(=O)N[C@@H](Cc2ccccc2)C(=O)N2CCc3ccccc32)cc(OC)c1OC. The molecule has 3 aromatic rings. The molecule has 8 nitrogen and oxygen atoms in total. The number of anilines is 2. The Balaban J connectivity index is 1.55. The van der Waals surface area contributed by atoms with E-state index in [4.69, 9.17) is 14.2 Å². The van der Waals surface area contributed by atoms with E-state index < -0.39 is 12.1 Å². The van der Waals surface area contributed by atoms with Crippen molar-refractivity contribution in [2.45, 2.75) is 18.9 Å². The van der Waals surface area contributed by atoms with E-state index in [1.165, 1.54) is 21.3 Å². The standard InChI is InChI=1S/C27H29N3O5/c1-33-23-16-20(17-24(34-2)25(23)35-3)28-27(32)29-21(15-18-9-5-4-6-10-18)26(31)30-14-13-19-11-7-8-12-22(19)30/h4-12,16-17,21H,13-15H2,1-3H3,(H2,28,29,32)/t21-/m0/s1. The van der Waals surface area contributed by atoms with Crippen LogP contribution in [0.2, 0.25) is 0 Å². The van der Waals surface area contributed by atoms with Gasteiger partial charge in [0.15, 0.2) is 11.5 Å². The number of ether oxygens (including phenoxy) is 3. The zero-order valence-corrected chi connectivity index (χ0v) is 20.0. The molecule has 3 amide bonds. The first kappa shape index (κ1) is 23.9. The number of hydrogen-bond acceptors (Lipinski definition) is 5. The van der Waals surface area contributed by atoms with Crippen LogP contribution in [0, 0.1) is 0 Å². The molecule has 2 N–H and O–H groups in total. The number of carbonyl (C=O) groups is 2. The van der Waals surface area contributed by atoms with Crippen LogP contribution in [0.3, 0.4) is 0 Å². The molecule has 0 unspecified atom stereocenters. The van der Waals surface area contributed by atoms with Gasteiger partial charge in [0.1, 0.15) is 6.04 Å². The molecule has 3 aromatic carbocycles. The molecule has 0 aliphatic carbocycles. The molecule has 1 heterocycles. The second kappa shape index (κ2) is 10.8. The average molecular weight is 476 g/mol. The number of para-hydroxylation sites is 1. The Morgan fingerprint density at radius 2 is 1.57 bits per heavy atom. The Morgan fingerprint density at radius 1 is 0.914 bits per heavy atom. The first-order valence-corrected chi connectivity index (χ1v) is 11.3. The molecule has 0 bridgehead atoms. The summed E-state index contributed by atoms with van der Waals surface area (Å²) in [6.07, 6.45) is 1.15. The summed E-state index contributed by atoms with van der Waals surface area (Å²) < 4.78 is 16.1. The fourth-order valence-corrected chi connectivity index (χ4v) is 4.28. The van der Waals surface area contributed by atoms with Gasteiger partial charge in [-0.15, -0.1) is 0 Å². The summed E-state index contributed by atoms with van der Waals surface area (Å²) in [6, 6.07) is 19.5. The minimum Gasteiger partial charge on any atom is -0.493 e. The van der Waals surface area contributed by atoms with E-state index >= 15 is 0 Å². The van der Waals surface area contributed by atoms with Gasteiger partial charge in [0.05, 0.1) is 27.0 Å². The van der Waals surface area contributed by atoms with Crippen molar-refractivity contribution >= 4 is 23.3 Å². The minimum absolute atomic E-state index is 0.154. The van der Waals surface area contributed by atoms with E-state index in [-0.39, 0.29) is 5.91 Å². The predicted molar refractivity (Wildman–Crippen MR) is 135 cm³/mol. The maximum absolute atomic E-state index is 13.6. The molecule has 0 aromatic heterocycles. The molecule has 182 valence electrons. The summed E-state index contributed by atoms with van der Waals surface area (Å²) in [5.74, 6) is 1.09. The van der Waals surface area contributed by atoms with Gasteiger partial charge in [-0.25, -0.2) is 4.79 Å². The number of nitrogens with zero attached hydrogens (tertiary/aromatic N) is 1. The summed E-state index contributed by atoms with van der Waals surface area (Å²) in [5, 5.41) is 5.66. The van der Waals surface area contributed by atoms with Crippen LogP contribution >= 0.6 is 0 Å². The fraction of sp³-hybridized carbons (Fsp3) is 0.259. The van der Waals surface area contributed by atoms with Crippen molar-refractivity contribution in [2.75, 3.05) is 38.1 Å². The van der Waals surface area contributed by atoms with Gasteiger partial charge in [0.2, 0.25) is 11.7 Å². The zero-order chi connectivity index (χ0) is 24.8. The first-order valence-electron chi connectivity index (χ1n) is 11.3. The molecule has 35 heavy (non-hydrogen) atoms. The lowest BCUT2D eigenvalue weighted by molar-refractivity contribution is -0.120. The summed E-state index contributed by atoms with van der Waals surface area (Å²) >= 11 is 0. The smallest absolute Gasteiger partial charge is 0.319 e. The van der Waals surface area contributed by atoms with Crippen molar-refractivity contribution in [1.82, 2.24) is 5.32 Å². The van der Waals surface area contributed by atoms with Gasteiger partial charge < -0.3 is 29.7 Å². The molecule has 1 aliphatic rings. The summed E-state index contributed by atoms with van der Waals surface area (Å²) in [5.41, 5.74) is 3.41. The number of methoxy groups -OCH3 is 3. The second-order valence-corrected chi connectivity index (χ2v) is 8.12. The topological polar surface area (TPSA) is 89.1 Å². The number of urea groups is 1. The Morgan fingerprint density at radius 3 is 2.23 bits per heavy atom. The van der Waals surface area contributed by atoms with Crippen molar-refractivity contribution in [3.8, 4) is 17.2 Å². The Hall–Kier alpha value is -4.20. The maximum Gasteiger partial charge on any atom is 0.319 e. The number of amides is 3. The Bertz CT molecular complexity index is 1170. The van der Waals surface area contributed by atoms with E-state index in [0.717, 1.165) is 23.2 Å². The quantitative estimate of drug-likeness (QED) is 0.514. The fourth-order valence-electron chi connectivity index (χ4n) is 4.28. The highest BCUT2D eigenvalue weighted by Gasteiger charge is 2.31. The van der Waals surface area contributed by atoms with Crippen LogP contribution in [-0.4, -0.2) is 45.9 Å². The number of fused-ring (bicyclic) bond motifs is 1. The van der Waals surface area contributed by atoms with Crippen LogP contribution in [0.5, 0.6) is 17.2 Å². The highest BCUT2D eigenvalue weighted by atomic mass is 16.5. The third-order valence-electron chi connectivity index (χ3n) is 5.96. The number of hydrogen-bond donors (Lipinski definition) is 2. The lowest BCUT2D eigenvalue weighted by Gasteiger charge is -2.25. The molecule has 0 fully saturated rings. The van der Waals surface area contributed by atoms with Crippen molar-refractivity contribution in [2.24, 2.45) is 0 Å². The maximum atomic E-state index is 13.6. The highest BCUT2D eigenvalue weighted by molar-refractivity contribution is 6.02. The van der Waals surface area contributed by atoms with Crippen molar-refractivity contribution in [3.05, 3.63) is 77.9 Å². The van der Waals surface area contributed by atoms with E-state index in [0.29, 0.717) is 35.9 Å². The van der Waals surface area contributed by atoms with Gasteiger partial charge in [0, 0.05) is 30.8 Å². The van der Waals surface area contributed by atoms with Gasteiger partial charge in [0.25, 0.3) is 0 Å². The van der Waals surface area contributed by atoms with Gasteiger partial charge in [-0.3, -0.25) is 4.79 Å². The number of rotatable bonds is 8. The molecule has 4 rings (SSSR count). The molecule has 8 heteroatoms. The van der Waals surface area contributed by atoms with Crippen LogP contribution < -0.4 is 29.7 Å². The summed E-state index contributed by atoms with van der Waals surface area (Å²) in [4.78, 5) is 28.4. The molecule has 0 saturated heterocycles. The van der Waals surface area contributed by atoms with Crippen LogP contribution in [0.1, 0.15) is 11.1 Å². The molecule has 1 atom stereocenters. The molecule has 0 saturated carbocycles. The van der Waals surface area contributed by atoms with Crippen LogP contribution in [-0.2, 0) is 17.6 Å². The third kappa shape index (κ3) is 5.32. The van der Waals surface area contributed by atoms with Crippen molar-refractivity contribution < 1.29 is 23.8 Å². The number of carbonyl (C=O) groups excluding carboxylic acids is 2. The van der Waals surface area contributed by atoms with Gasteiger partial charge in [-0.05, 0) is 23.6 Å². The molecule has 0 radical (unpaired) electrons. The van der Waals surface area contributed by atoms with Gasteiger partial charge in [-0.1, -0.05) is 48.5 Å². The van der Waals surface area contributed by atoms with E-state index in [1.54, 1.807) is 17.0 Å². The minimum atomic E-state index is -0.759. The van der Waals surface area contributed by atoms with Crippen LogP contribution in [0.25, 0.3) is 0 Å². The normalized spacial score (nSPS) is 12.9.